The Morgan fingerprint density at radius 1 is 1.45 bits per heavy atom. The Morgan fingerprint density at radius 3 is 2.91 bits per heavy atom. The third-order valence-electron chi connectivity index (χ3n) is 3.94. The normalized spacial score (nSPS) is 18.8. The van der Waals surface area contributed by atoms with Crippen LogP contribution in [0.4, 0.5) is 5.69 Å². The third kappa shape index (κ3) is 4.37. The van der Waals surface area contributed by atoms with Crippen LogP contribution in [0.2, 0.25) is 0 Å². The molecule has 0 aliphatic carbocycles. The van der Waals surface area contributed by atoms with Crippen LogP contribution in [0.1, 0.15) is 33.1 Å². The van der Waals surface area contributed by atoms with E-state index in [4.69, 9.17) is 14.2 Å². The predicted molar refractivity (Wildman–Crippen MR) is 85.5 cm³/mol. The first-order valence-corrected chi connectivity index (χ1v) is 7.87. The SMILES string of the molecule is CC[C@H](C)C(=O)Nc1ccc(OC)c(OC[C@H]2CCCO2)c1. The second-order valence-corrected chi connectivity index (χ2v) is 5.61. The first-order valence-electron chi connectivity index (χ1n) is 7.87. The highest BCUT2D eigenvalue weighted by Crippen LogP contribution is 2.31. The lowest BCUT2D eigenvalue weighted by molar-refractivity contribution is -0.119. The summed E-state index contributed by atoms with van der Waals surface area (Å²) in [5.41, 5.74) is 0.716. The number of anilines is 1. The Kier molecular flexibility index (Phi) is 6.07. The number of amides is 1. The van der Waals surface area contributed by atoms with Crippen LogP contribution in [0.25, 0.3) is 0 Å². The van der Waals surface area contributed by atoms with E-state index in [-0.39, 0.29) is 17.9 Å². The summed E-state index contributed by atoms with van der Waals surface area (Å²) in [5.74, 6) is 1.27. The molecule has 1 N–H and O–H groups in total. The molecule has 1 fully saturated rings. The summed E-state index contributed by atoms with van der Waals surface area (Å²) >= 11 is 0. The van der Waals surface area contributed by atoms with Crippen LogP contribution >= 0.6 is 0 Å². The largest absolute Gasteiger partial charge is 0.493 e. The number of carbonyl (C=O) groups excluding carboxylic acids is 1. The summed E-state index contributed by atoms with van der Waals surface area (Å²) in [6.45, 7) is 5.21. The van der Waals surface area contributed by atoms with Crippen molar-refractivity contribution in [2.24, 2.45) is 5.92 Å². The summed E-state index contributed by atoms with van der Waals surface area (Å²) in [6.07, 6.45) is 3.05. The highest BCUT2D eigenvalue weighted by molar-refractivity contribution is 5.92. The number of hydrogen-bond donors (Lipinski definition) is 1. The summed E-state index contributed by atoms with van der Waals surface area (Å²) in [6, 6.07) is 5.42. The van der Waals surface area contributed by atoms with Crippen molar-refractivity contribution in [3.63, 3.8) is 0 Å². The molecule has 1 aliphatic rings. The Morgan fingerprint density at radius 2 is 2.27 bits per heavy atom. The zero-order valence-corrected chi connectivity index (χ0v) is 13.6. The molecule has 1 amide bonds. The van der Waals surface area contributed by atoms with E-state index < -0.39 is 0 Å². The molecule has 1 aliphatic heterocycles. The van der Waals surface area contributed by atoms with Gasteiger partial charge in [-0.15, -0.1) is 0 Å². The molecule has 122 valence electrons. The van der Waals surface area contributed by atoms with E-state index in [1.807, 2.05) is 19.9 Å². The van der Waals surface area contributed by atoms with Crippen molar-refractivity contribution in [2.75, 3.05) is 25.6 Å². The molecule has 0 spiro atoms. The maximum Gasteiger partial charge on any atom is 0.227 e. The van der Waals surface area contributed by atoms with Gasteiger partial charge in [0.15, 0.2) is 11.5 Å². The Balaban J connectivity index is 2.03. The third-order valence-corrected chi connectivity index (χ3v) is 3.94. The minimum absolute atomic E-state index is 0.0118. The van der Waals surface area contributed by atoms with Crippen LogP contribution in [0, 0.1) is 5.92 Å². The number of carbonyl (C=O) groups is 1. The van der Waals surface area contributed by atoms with Crippen molar-refractivity contribution in [3.05, 3.63) is 18.2 Å². The molecule has 5 nitrogen and oxygen atoms in total. The molecule has 2 rings (SSSR count). The fourth-order valence-electron chi connectivity index (χ4n) is 2.28. The van der Waals surface area contributed by atoms with Gasteiger partial charge < -0.3 is 19.5 Å². The molecule has 0 bridgehead atoms. The summed E-state index contributed by atoms with van der Waals surface area (Å²) in [5, 5.41) is 2.91. The van der Waals surface area contributed by atoms with E-state index in [0.717, 1.165) is 25.9 Å². The minimum atomic E-state index is -0.0154. The summed E-state index contributed by atoms with van der Waals surface area (Å²) in [7, 11) is 1.60. The van der Waals surface area contributed by atoms with Crippen LogP contribution in [-0.4, -0.2) is 32.3 Å². The molecule has 0 radical (unpaired) electrons. The number of methoxy groups -OCH3 is 1. The topological polar surface area (TPSA) is 56.8 Å². The van der Waals surface area contributed by atoms with Crippen LogP contribution in [0.5, 0.6) is 11.5 Å². The molecule has 22 heavy (non-hydrogen) atoms. The van der Waals surface area contributed by atoms with Crippen molar-refractivity contribution >= 4 is 11.6 Å². The lowest BCUT2D eigenvalue weighted by Crippen LogP contribution is -2.20. The minimum Gasteiger partial charge on any atom is -0.493 e. The van der Waals surface area contributed by atoms with Crippen LogP contribution in [0.3, 0.4) is 0 Å². The van der Waals surface area contributed by atoms with Gasteiger partial charge in [0.2, 0.25) is 5.91 Å². The summed E-state index contributed by atoms with van der Waals surface area (Å²) < 4.78 is 16.7. The maximum absolute atomic E-state index is 12.0. The Labute approximate surface area is 131 Å². The molecule has 1 aromatic rings. The number of rotatable bonds is 7. The van der Waals surface area contributed by atoms with Gasteiger partial charge in [0.05, 0.1) is 13.2 Å². The van der Waals surface area contributed by atoms with Gasteiger partial charge in [-0.05, 0) is 31.4 Å². The first kappa shape index (κ1) is 16.6. The van der Waals surface area contributed by atoms with Crippen molar-refractivity contribution in [2.45, 2.75) is 39.2 Å². The van der Waals surface area contributed by atoms with Crippen molar-refractivity contribution in [1.82, 2.24) is 0 Å². The highest BCUT2D eigenvalue weighted by Gasteiger charge is 2.18. The highest BCUT2D eigenvalue weighted by atomic mass is 16.5. The molecule has 1 aromatic carbocycles. The molecule has 1 saturated heterocycles. The molecular weight excluding hydrogens is 282 g/mol. The number of nitrogens with one attached hydrogen (secondary N) is 1. The molecule has 2 atom stereocenters. The van der Waals surface area contributed by atoms with Gasteiger partial charge in [0.1, 0.15) is 6.61 Å². The molecule has 0 saturated carbocycles. The summed E-state index contributed by atoms with van der Waals surface area (Å²) in [4.78, 5) is 12.0. The second-order valence-electron chi connectivity index (χ2n) is 5.61. The average molecular weight is 307 g/mol. The fourth-order valence-corrected chi connectivity index (χ4v) is 2.28. The van der Waals surface area contributed by atoms with Crippen LogP contribution in [-0.2, 0) is 9.53 Å². The fraction of sp³-hybridized carbons (Fsp3) is 0.588. The van der Waals surface area contributed by atoms with Gasteiger partial charge in [0, 0.05) is 24.3 Å². The monoisotopic (exact) mass is 307 g/mol. The van der Waals surface area contributed by atoms with Gasteiger partial charge >= 0.3 is 0 Å². The second kappa shape index (κ2) is 8.03. The van der Waals surface area contributed by atoms with Crippen molar-refractivity contribution in [1.29, 1.82) is 0 Å². The van der Waals surface area contributed by atoms with E-state index in [2.05, 4.69) is 5.32 Å². The van der Waals surface area contributed by atoms with Crippen LogP contribution in [0.15, 0.2) is 18.2 Å². The molecule has 0 aromatic heterocycles. The number of hydrogen-bond acceptors (Lipinski definition) is 4. The Hall–Kier alpha value is -1.75. The lowest BCUT2D eigenvalue weighted by Gasteiger charge is -2.16. The molecule has 5 heteroatoms. The zero-order valence-electron chi connectivity index (χ0n) is 13.6. The first-order chi connectivity index (χ1) is 10.6. The van der Waals surface area contributed by atoms with E-state index in [0.29, 0.717) is 23.8 Å². The molecular formula is C17H25NO4. The van der Waals surface area contributed by atoms with Gasteiger partial charge in [-0.3, -0.25) is 4.79 Å². The Bertz CT molecular complexity index is 497. The van der Waals surface area contributed by atoms with E-state index in [9.17, 15) is 4.79 Å². The van der Waals surface area contributed by atoms with Crippen molar-refractivity contribution < 1.29 is 19.0 Å². The smallest absolute Gasteiger partial charge is 0.227 e. The van der Waals surface area contributed by atoms with Crippen molar-refractivity contribution in [3.8, 4) is 11.5 Å². The van der Waals surface area contributed by atoms with Gasteiger partial charge in [-0.1, -0.05) is 13.8 Å². The number of ether oxygens (including phenoxy) is 3. The zero-order chi connectivity index (χ0) is 15.9. The predicted octanol–water partition coefficient (Wildman–Crippen LogP) is 3.24. The van der Waals surface area contributed by atoms with Gasteiger partial charge in [0.25, 0.3) is 0 Å². The van der Waals surface area contributed by atoms with E-state index in [1.165, 1.54) is 0 Å². The van der Waals surface area contributed by atoms with Crippen LogP contribution < -0.4 is 14.8 Å². The lowest BCUT2D eigenvalue weighted by atomic mass is 10.1. The average Bonchev–Trinajstić information content (AvgIpc) is 3.05. The quantitative estimate of drug-likeness (QED) is 0.840. The van der Waals surface area contributed by atoms with E-state index in [1.54, 1.807) is 19.2 Å². The maximum atomic E-state index is 12.0. The number of benzene rings is 1. The van der Waals surface area contributed by atoms with Gasteiger partial charge in [-0.2, -0.15) is 0 Å². The van der Waals surface area contributed by atoms with Gasteiger partial charge in [-0.25, -0.2) is 0 Å². The standard InChI is InChI=1S/C17H25NO4/c1-4-12(2)17(19)18-13-7-8-15(20-3)16(10-13)22-11-14-6-5-9-21-14/h7-8,10,12,14H,4-6,9,11H2,1-3H3,(H,18,19)/t12-,14+/m0/s1. The molecule has 0 unspecified atom stereocenters. The molecule has 1 heterocycles. The van der Waals surface area contributed by atoms with E-state index >= 15 is 0 Å².